The van der Waals surface area contributed by atoms with E-state index in [4.69, 9.17) is 24.3 Å². The highest BCUT2D eigenvalue weighted by molar-refractivity contribution is 7.47. The van der Waals surface area contributed by atoms with E-state index in [2.05, 4.69) is 13.8 Å². The predicted molar refractivity (Wildman–Crippen MR) is 146 cm³/mol. The van der Waals surface area contributed by atoms with Crippen molar-refractivity contribution in [1.29, 1.82) is 0 Å². The molecule has 0 saturated carbocycles. The number of phosphoric ester groups is 1. The Labute approximate surface area is 225 Å². The van der Waals surface area contributed by atoms with Crippen molar-refractivity contribution in [2.45, 2.75) is 136 Å². The third-order valence-electron chi connectivity index (χ3n) is 5.99. The van der Waals surface area contributed by atoms with Gasteiger partial charge in [-0.25, -0.2) is 4.57 Å². The van der Waals surface area contributed by atoms with Crippen LogP contribution in [0.4, 0.5) is 0 Å². The molecule has 0 aliphatic heterocycles. The van der Waals surface area contributed by atoms with Crippen LogP contribution in [0.2, 0.25) is 0 Å². The van der Waals surface area contributed by atoms with Crippen LogP contribution in [0.1, 0.15) is 129 Å². The van der Waals surface area contributed by atoms with Crippen molar-refractivity contribution in [1.82, 2.24) is 0 Å². The maximum Gasteiger partial charge on any atom is 0.472 e. The van der Waals surface area contributed by atoms with E-state index >= 15 is 0 Å². The molecule has 0 saturated heterocycles. The third-order valence-corrected chi connectivity index (χ3v) is 6.98. The van der Waals surface area contributed by atoms with E-state index in [1.54, 1.807) is 0 Å². The maximum atomic E-state index is 12.3. The summed E-state index contributed by atoms with van der Waals surface area (Å²) < 4.78 is 32.2. The second kappa shape index (κ2) is 25.3. The first-order valence-electron chi connectivity index (χ1n) is 14.5. The highest BCUT2D eigenvalue weighted by atomic mass is 31.2. The zero-order valence-electron chi connectivity index (χ0n) is 23.5. The van der Waals surface area contributed by atoms with Crippen molar-refractivity contribution >= 4 is 19.8 Å². The Morgan fingerprint density at radius 2 is 1.16 bits per heavy atom. The topological polar surface area (TPSA) is 134 Å². The van der Waals surface area contributed by atoms with Gasteiger partial charge in [0.15, 0.2) is 6.10 Å². The molecule has 0 aliphatic carbocycles. The molecular formula is C27H54NO8P. The van der Waals surface area contributed by atoms with Gasteiger partial charge in [-0.2, -0.15) is 0 Å². The SMILES string of the molecule is CCCCCCCCCCC(=O)OCC(COP(=O)(O)OCCN)OC(=O)CCCCCCCCCC. The van der Waals surface area contributed by atoms with Gasteiger partial charge in [-0.3, -0.25) is 18.6 Å². The van der Waals surface area contributed by atoms with Gasteiger partial charge in [0, 0.05) is 19.4 Å². The Kier molecular flexibility index (Phi) is 24.6. The molecule has 0 aromatic heterocycles. The van der Waals surface area contributed by atoms with Gasteiger partial charge in [0.2, 0.25) is 0 Å². The van der Waals surface area contributed by atoms with E-state index in [9.17, 15) is 19.0 Å². The minimum Gasteiger partial charge on any atom is -0.462 e. The zero-order valence-corrected chi connectivity index (χ0v) is 24.4. The van der Waals surface area contributed by atoms with Crippen molar-refractivity contribution in [3.63, 3.8) is 0 Å². The number of phosphoric acid groups is 1. The lowest BCUT2D eigenvalue weighted by molar-refractivity contribution is -0.161. The molecule has 10 heteroatoms. The van der Waals surface area contributed by atoms with Crippen molar-refractivity contribution in [3.05, 3.63) is 0 Å². The first kappa shape index (κ1) is 36.0. The summed E-state index contributed by atoms with van der Waals surface area (Å²) in [6.07, 6.45) is 17.3. The second-order valence-corrected chi connectivity index (χ2v) is 11.1. The summed E-state index contributed by atoms with van der Waals surface area (Å²) in [5.41, 5.74) is 5.28. The lowest BCUT2D eigenvalue weighted by Crippen LogP contribution is -2.29. The number of carbonyl (C=O) groups excluding carboxylic acids is 2. The zero-order chi connectivity index (χ0) is 27.6. The second-order valence-electron chi connectivity index (χ2n) is 9.63. The Bertz CT molecular complexity index is 605. The van der Waals surface area contributed by atoms with Gasteiger partial charge < -0.3 is 20.1 Å². The van der Waals surface area contributed by atoms with Crippen LogP contribution in [0, 0.1) is 0 Å². The quantitative estimate of drug-likeness (QED) is 0.0658. The highest BCUT2D eigenvalue weighted by Crippen LogP contribution is 2.43. The molecule has 0 spiro atoms. The largest absolute Gasteiger partial charge is 0.472 e. The van der Waals surface area contributed by atoms with Gasteiger partial charge >= 0.3 is 19.8 Å². The standard InChI is InChI=1S/C27H54NO8P/c1-3-5-7-9-11-13-15-17-19-26(29)33-23-25(24-35-37(31,32)34-22-21-28)36-27(30)20-18-16-14-12-10-8-6-4-2/h25H,3-24,28H2,1-2H3,(H,31,32). The van der Waals surface area contributed by atoms with Crippen LogP contribution in [0.3, 0.4) is 0 Å². The van der Waals surface area contributed by atoms with E-state index in [1.165, 1.54) is 57.8 Å². The normalized spacial score (nSPS) is 13.7. The first-order valence-corrected chi connectivity index (χ1v) is 16.0. The van der Waals surface area contributed by atoms with Crippen LogP contribution in [-0.2, 0) is 32.7 Å². The van der Waals surface area contributed by atoms with Gasteiger partial charge in [0.25, 0.3) is 0 Å². The third kappa shape index (κ3) is 25.1. The number of esters is 2. The van der Waals surface area contributed by atoms with E-state index in [-0.39, 0.29) is 38.6 Å². The fourth-order valence-corrected chi connectivity index (χ4v) is 4.57. The van der Waals surface area contributed by atoms with E-state index < -0.39 is 26.5 Å². The minimum absolute atomic E-state index is 0.0568. The summed E-state index contributed by atoms with van der Waals surface area (Å²) in [4.78, 5) is 34.2. The molecule has 0 fully saturated rings. The number of hydrogen-bond donors (Lipinski definition) is 2. The van der Waals surface area contributed by atoms with Crippen LogP contribution < -0.4 is 5.73 Å². The average Bonchev–Trinajstić information content (AvgIpc) is 2.87. The first-order chi connectivity index (χ1) is 17.8. The van der Waals surface area contributed by atoms with Crippen molar-refractivity contribution in [2.24, 2.45) is 5.73 Å². The molecule has 9 nitrogen and oxygen atoms in total. The van der Waals surface area contributed by atoms with Gasteiger partial charge in [-0.15, -0.1) is 0 Å². The summed E-state index contributed by atoms with van der Waals surface area (Å²) in [6, 6.07) is 0. The number of unbranched alkanes of at least 4 members (excludes halogenated alkanes) is 14. The van der Waals surface area contributed by atoms with Crippen LogP contribution in [-0.4, -0.2) is 49.3 Å². The van der Waals surface area contributed by atoms with Crippen LogP contribution in [0.5, 0.6) is 0 Å². The molecule has 0 radical (unpaired) electrons. The summed E-state index contributed by atoms with van der Waals surface area (Å²) in [6.45, 7) is 3.63. The summed E-state index contributed by atoms with van der Waals surface area (Å²) in [5, 5.41) is 0. The molecule has 0 amide bonds. The Balaban J connectivity index is 4.37. The molecule has 0 heterocycles. The number of carbonyl (C=O) groups is 2. The molecule has 0 aliphatic rings. The molecule has 220 valence electrons. The molecule has 0 rings (SSSR count). The fraction of sp³-hybridized carbons (Fsp3) is 0.926. The molecule has 2 unspecified atom stereocenters. The summed E-state index contributed by atoms with van der Waals surface area (Å²) >= 11 is 0. The van der Waals surface area contributed by atoms with Crippen LogP contribution in [0.15, 0.2) is 0 Å². The molecule has 2 atom stereocenters. The number of nitrogens with two attached hydrogens (primary N) is 1. The van der Waals surface area contributed by atoms with Gasteiger partial charge in [-0.05, 0) is 12.8 Å². The smallest absolute Gasteiger partial charge is 0.462 e. The van der Waals surface area contributed by atoms with Gasteiger partial charge in [0.05, 0.1) is 13.2 Å². The van der Waals surface area contributed by atoms with E-state index in [0.717, 1.165) is 38.5 Å². The maximum absolute atomic E-state index is 12.3. The van der Waals surface area contributed by atoms with E-state index in [0.29, 0.717) is 6.42 Å². The van der Waals surface area contributed by atoms with Crippen LogP contribution >= 0.6 is 7.82 Å². The Morgan fingerprint density at radius 1 is 0.703 bits per heavy atom. The minimum atomic E-state index is -4.34. The van der Waals surface area contributed by atoms with E-state index in [1.807, 2.05) is 0 Å². The summed E-state index contributed by atoms with van der Waals surface area (Å²) in [5.74, 6) is -0.837. The van der Waals surface area contributed by atoms with Crippen molar-refractivity contribution in [2.75, 3.05) is 26.4 Å². The fourth-order valence-electron chi connectivity index (χ4n) is 3.81. The average molecular weight is 552 g/mol. The molecule has 3 N–H and O–H groups in total. The van der Waals surface area contributed by atoms with Gasteiger partial charge in [-0.1, -0.05) is 104 Å². The van der Waals surface area contributed by atoms with Crippen LogP contribution in [0.25, 0.3) is 0 Å². The number of hydrogen-bond acceptors (Lipinski definition) is 8. The van der Waals surface area contributed by atoms with Gasteiger partial charge in [0.1, 0.15) is 6.61 Å². The van der Waals surface area contributed by atoms with Crippen molar-refractivity contribution in [3.8, 4) is 0 Å². The highest BCUT2D eigenvalue weighted by Gasteiger charge is 2.25. The number of rotatable bonds is 27. The number of ether oxygens (including phenoxy) is 2. The predicted octanol–water partition coefficient (Wildman–Crippen LogP) is 6.60. The molecule has 0 bridgehead atoms. The molecule has 0 aromatic rings. The summed E-state index contributed by atoms with van der Waals surface area (Å²) in [7, 11) is -4.34. The lowest BCUT2D eigenvalue weighted by Gasteiger charge is -2.19. The van der Waals surface area contributed by atoms with Crippen molar-refractivity contribution < 1.29 is 37.6 Å². The Morgan fingerprint density at radius 3 is 1.65 bits per heavy atom. The Hall–Kier alpha value is -0.990. The molecule has 0 aromatic carbocycles. The lowest BCUT2D eigenvalue weighted by atomic mass is 10.1. The monoisotopic (exact) mass is 551 g/mol. The molecule has 37 heavy (non-hydrogen) atoms. The molecular weight excluding hydrogens is 497 g/mol.